The van der Waals surface area contributed by atoms with Gasteiger partial charge in [0.15, 0.2) is 0 Å². The van der Waals surface area contributed by atoms with Crippen molar-refractivity contribution in [3.05, 3.63) is 34.7 Å². The van der Waals surface area contributed by atoms with E-state index in [0.29, 0.717) is 13.1 Å². The van der Waals surface area contributed by atoms with Crippen LogP contribution in [0, 0.1) is 19.8 Å². The second-order valence-corrected chi connectivity index (χ2v) is 9.29. The fraction of sp³-hybridized carbons (Fsp3) is 0.455. The Labute approximate surface area is 185 Å². The van der Waals surface area contributed by atoms with E-state index >= 15 is 0 Å². The molecular weight excluding hydrogens is 412 g/mol. The lowest BCUT2D eigenvalue weighted by Gasteiger charge is -2.17. The minimum absolute atomic E-state index is 0.0369. The molecule has 1 unspecified atom stereocenters. The molecule has 31 heavy (non-hydrogen) atoms. The first-order valence-electron chi connectivity index (χ1n) is 10.5. The lowest BCUT2D eigenvalue weighted by Crippen LogP contribution is -2.30. The van der Waals surface area contributed by atoms with Crippen molar-refractivity contribution in [3.8, 4) is 11.3 Å². The number of aryl methyl sites for hydroxylation is 2. The van der Waals surface area contributed by atoms with Crippen molar-refractivity contribution >= 4 is 34.1 Å². The Morgan fingerprint density at radius 2 is 2.13 bits per heavy atom. The van der Waals surface area contributed by atoms with Gasteiger partial charge in [-0.05, 0) is 46.5 Å². The maximum absolute atomic E-state index is 12.7. The quantitative estimate of drug-likeness (QED) is 0.611. The molecule has 1 saturated heterocycles. The summed E-state index contributed by atoms with van der Waals surface area (Å²) in [5, 5.41) is 9.35. The standard InChI is InChI=1S/C22H28N6O2S/c1-14-6-7-17(15(2)10-14)18-13-31-22-24-21(25-28(18)22)23-20(30)16-11-19(29)27(12-16)9-5-8-26(3)4/h6-7,10,13,16H,5,8-9,11-12H2,1-4H3,(H,23,25,30). The molecule has 1 aliphatic heterocycles. The number of thiazole rings is 1. The largest absolute Gasteiger partial charge is 0.342 e. The summed E-state index contributed by atoms with van der Waals surface area (Å²) in [5.41, 5.74) is 4.42. The summed E-state index contributed by atoms with van der Waals surface area (Å²) in [4.78, 5) is 34.1. The highest BCUT2D eigenvalue weighted by Gasteiger charge is 2.34. The van der Waals surface area contributed by atoms with Crippen LogP contribution in [0.4, 0.5) is 5.95 Å². The van der Waals surface area contributed by atoms with Crippen molar-refractivity contribution in [1.82, 2.24) is 24.4 Å². The SMILES string of the molecule is Cc1ccc(-c2csc3nc(NC(=O)C4CC(=O)N(CCCN(C)C)C4)nn23)c(C)c1. The topological polar surface area (TPSA) is 82.8 Å². The van der Waals surface area contributed by atoms with Gasteiger partial charge in [-0.1, -0.05) is 23.8 Å². The number of nitrogens with zero attached hydrogens (tertiary/aromatic N) is 5. The number of rotatable bonds is 7. The maximum atomic E-state index is 12.7. The van der Waals surface area contributed by atoms with Gasteiger partial charge in [0.2, 0.25) is 22.7 Å². The molecule has 1 aromatic carbocycles. The van der Waals surface area contributed by atoms with E-state index in [-0.39, 0.29) is 30.1 Å². The van der Waals surface area contributed by atoms with E-state index < -0.39 is 0 Å². The van der Waals surface area contributed by atoms with Crippen molar-refractivity contribution in [2.75, 3.05) is 39.0 Å². The maximum Gasteiger partial charge on any atom is 0.250 e. The predicted molar refractivity (Wildman–Crippen MR) is 122 cm³/mol. The molecule has 3 aromatic rings. The number of nitrogens with one attached hydrogen (secondary N) is 1. The second-order valence-electron chi connectivity index (χ2n) is 8.46. The highest BCUT2D eigenvalue weighted by Crippen LogP contribution is 2.29. The summed E-state index contributed by atoms with van der Waals surface area (Å²) in [6, 6.07) is 6.30. The number of hydrogen-bond acceptors (Lipinski definition) is 6. The van der Waals surface area contributed by atoms with Gasteiger partial charge in [-0.15, -0.1) is 16.4 Å². The third-order valence-corrected chi connectivity index (χ3v) is 6.41. The monoisotopic (exact) mass is 440 g/mol. The molecular formula is C22H28N6O2S. The molecule has 1 N–H and O–H groups in total. The Balaban J connectivity index is 1.44. The van der Waals surface area contributed by atoms with Gasteiger partial charge in [-0.3, -0.25) is 14.9 Å². The minimum atomic E-state index is -0.368. The normalized spacial score (nSPS) is 16.6. The highest BCUT2D eigenvalue weighted by atomic mass is 32.1. The Morgan fingerprint density at radius 3 is 2.87 bits per heavy atom. The first-order valence-corrected chi connectivity index (χ1v) is 11.3. The van der Waals surface area contributed by atoms with Gasteiger partial charge in [0, 0.05) is 30.5 Å². The average molecular weight is 441 g/mol. The van der Waals surface area contributed by atoms with Crippen LogP contribution in [0.25, 0.3) is 16.2 Å². The smallest absolute Gasteiger partial charge is 0.250 e. The van der Waals surface area contributed by atoms with Crippen LogP contribution in [0.3, 0.4) is 0 Å². The summed E-state index contributed by atoms with van der Waals surface area (Å²) in [5.74, 6) is -0.252. The second kappa shape index (κ2) is 8.76. The fourth-order valence-corrected chi connectivity index (χ4v) is 4.80. The van der Waals surface area contributed by atoms with Crippen LogP contribution in [-0.4, -0.2) is 69.9 Å². The molecule has 1 atom stereocenters. The van der Waals surface area contributed by atoms with Crippen LogP contribution >= 0.6 is 11.3 Å². The van der Waals surface area contributed by atoms with Gasteiger partial charge < -0.3 is 9.80 Å². The van der Waals surface area contributed by atoms with E-state index in [2.05, 4.69) is 52.3 Å². The van der Waals surface area contributed by atoms with E-state index in [1.807, 2.05) is 19.5 Å². The van der Waals surface area contributed by atoms with E-state index in [1.54, 1.807) is 9.42 Å². The van der Waals surface area contributed by atoms with E-state index in [4.69, 9.17) is 0 Å². The van der Waals surface area contributed by atoms with Gasteiger partial charge >= 0.3 is 0 Å². The molecule has 2 aromatic heterocycles. The number of carbonyl (C=O) groups is 2. The van der Waals surface area contributed by atoms with Gasteiger partial charge in [-0.25, -0.2) is 4.52 Å². The van der Waals surface area contributed by atoms with Crippen LogP contribution in [0.1, 0.15) is 24.0 Å². The van der Waals surface area contributed by atoms with Crippen molar-refractivity contribution in [3.63, 3.8) is 0 Å². The average Bonchev–Trinajstić information content (AvgIpc) is 3.37. The third-order valence-electron chi connectivity index (χ3n) is 5.59. The Bertz CT molecular complexity index is 1120. The fourth-order valence-electron chi connectivity index (χ4n) is 3.97. The number of carbonyl (C=O) groups excluding carboxylic acids is 2. The summed E-state index contributed by atoms with van der Waals surface area (Å²) >= 11 is 1.49. The van der Waals surface area contributed by atoms with Crippen molar-refractivity contribution in [2.24, 2.45) is 5.92 Å². The summed E-state index contributed by atoms with van der Waals surface area (Å²) in [6.07, 6.45) is 1.14. The zero-order valence-electron chi connectivity index (χ0n) is 18.4. The summed E-state index contributed by atoms with van der Waals surface area (Å²) in [7, 11) is 4.02. The molecule has 0 radical (unpaired) electrons. The van der Waals surface area contributed by atoms with Gasteiger partial charge in [0.25, 0.3) is 0 Å². The first kappa shape index (κ1) is 21.5. The molecule has 0 bridgehead atoms. The van der Waals surface area contributed by atoms with Gasteiger partial charge in [0.1, 0.15) is 0 Å². The molecule has 0 saturated carbocycles. The van der Waals surface area contributed by atoms with Crippen molar-refractivity contribution in [1.29, 1.82) is 0 Å². The minimum Gasteiger partial charge on any atom is -0.342 e. The summed E-state index contributed by atoms with van der Waals surface area (Å²) in [6.45, 7) is 6.19. The molecule has 4 rings (SSSR count). The molecule has 9 heteroatoms. The number of fused-ring (bicyclic) bond motifs is 1. The predicted octanol–water partition coefficient (Wildman–Crippen LogP) is 2.81. The third kappa shape index (κ3) is 4.62. The van der Waals surface area contributed by atoms with Crippen LogP contribution < -0.4 is 5.32 Å². The summed E-state index contributed by atoms with van der Waals surface area (Å²) < 4.78 is 1.77. The molecule has 0 aliphatic carbocycles. The van der Waals surface area contributed by atoms with E-state index in [0.717, 1.165) is 29.2 Å². The Kier molecular flexibility index (Phi) is 6.06. The number of benzene rings is 1. The molecule has 164 valence electrons. The lowest BCUT2D eigenvalue weighted by atomic mass is 10.0. The number of amides is 2. The van der Waals surface area contributed by atoms with Crippen LogP contribution in [0.2, 0.25) is 0 Å². The molecule has 3 heterocycles. The Hall–Kier alpha value is -2.78. The molecule has 1 fully saturated rings. The molecule has 2 amide bonds. The van der Waals surface area contributed by atoms with Crippen LogP contribution in [0.15, 0.2) is 23.6 Å². The molecule has 0 spiro atoms. The van der Waals surface area contributed by atoms with Crippen LogP contribution in [0.5, 0.6) is 0 Å². The number of hydrogen-bond donors (Lipinski definition) is 1. The number of anilines is 1. The zero-order valence-corrected chi connectivity index (χ0v) is 19.2. The Morgan fingerprint density at radius 1 is 1.32 bits per heavy atom. The van der Waals surface area contributed by atoms with Crippen LogP contribution in [-0.2, 0) is 9.59 Å². The van der Waals surface area contributed by atoms with Gasteiger partial charge in [0.05, 0.1) is 11.6 Å². The molecule has 8 nitrogen and oxygen atoms in total. The van der Waals surface area contributed by atoms with Crippen molar-refractivity contribution in [2.45, 2.75) is 26.7 Å². The zero-order chi connectivity index (χ0) is 22.1. The van der Waals surface area contributed by atoms with E-state index in [9.17, 15) is 9.59 Å². The number of aromatic nitrogens is 3. The molecule has 1 aliphatic rings. The first-order chi connectivity index (χ1) is 14.8. The number of likely N-dealkylation sites (tertiary alicyclic amines) is 1. The highest BCUT2D eigenvalue weighted by molar-refractivity contribution is 7.15. The lowest BCUT2D eigenvalue weighted by molar-refractivity contribution is -0.128. The van der Waals surface area contributed by atoms with Crippen molar-refractivity contribution < 1.29 is 9.59 Å². The van der Waals surface area contributed by atoms with E-state index in [1.165, 1.54) is 22.5 Å². The van der Waals surface area contributed by atoms with Gasteiger partial charge in [-0.2, -0.15) is 4.98 Å².